The summed E-state index contributed by atoms with van der Waals surface area (Å²) >= 11 is 0. The van der Waals surface area contributed by atoms with Crippen LogP contribution in [-0.2, 0) is 11.3 Å². The van der Waals surface area contributed by atoms with Crippen LogP contribution < -0.4 is 10.6 Å². The molecular formula is C12H19N3O. The summed E-state index contributed by atoms with van der Waals surface area (Å²) in [6, 6.07) is 5.77. The molecule has 88 valence electrons. The average Bonchev–Trinajstić information content (AvgIpc) is 2.26. The summed E-state index contributed by atoms with van der Waals surface area (Å²) in [5.74, 6) is -0.0293. The number of aryl methyl sites for hydroxylation is 1. The molecule has 4 heteroatoms. The number of pyridine rings is 1. The van der Waals surface area contributed by atoms with Crippen LogP contribution in [0.4, 0.5) is 0 Å². The quantitative estimate of drug-likeness (QED) is 0.797. The second-order valence-electron chi connectivity index (χ2n) is 4.33. The van der Waals surface area contributed by atoms with Gasteiger partial charge in [0.1, 0.15) is 0 Å². The number of likely N-dealkylation sites (N-methyl/N-ethyl adjacent to an activating group) is 1. The van der Waals surface area contributed by atoms with Gasteiger partial charge < -0.3 is 10.6 Å². The van der Waals surface area contributed by atoms with Gasteiger partial charge >= 0.3 is 0 Å². The standard InChI is InChI=1S/C12H19N3O/c1-9-6-5-7-10(15-9)8-14-11(16)12(2,3)13-4/h5-7,13H,8H2,1-4H3,(H,14,16). The normalized spacial score (nSPS) is 11.2. The lowest BCUT2D eigenvalue weighted by Gasteiger charge is -2.22. The Morgan fingerprint density at radius 1 is 1.44 bits per heavy atom. The summed E-state index contributed by atoms with van der Waals surface area (Å²) in [5.41, 5.74) is 1.28. The van der Waals surface area contributed by atoms with Crippen molar-refractivity contribution in [2.75, 3.05) is 7.05 Å². The zero-order chi connectivity index (χ0) is 12.2. The Labute approximate surface area is 96.5 Å². The van der Waals surface area contributed by atoms with Crippen molar-refractivity contribution >= 4 is 5.91 Å². The van der Waals surface area contributed by atoms with E-state index in [9.17, 15) is 4.79 Å². The van der Waals surface area contributed by atoms with E-state index in [1.165, 1.54) is 0 Å². The van der Waals surface area contributed by atoms with Crippen LogP contribution in [0.3, 0.4) is 0 Å². The Kier molecular flexibility index (Phi) is 4.01. The van der Waals surface area contributed by atoms with Crippen LogP contribution in [-0.4, -0.2) is 23.5 Å². The molecule has 1 heterocycles. The van der Waals surface area contributed by atoms with Crippen LogP contribution in [0.2, 0.25) is 0 Å². The Morgan fingerprint density at radius 2 is 2.12 bits per heavy atom. The van der Waals surface area contributed by atoms with Gasteiger partial charge in [-0.1, -0.05) is 6.07 Å². The van der Waals surface area contributed by atoms with Gasteiger partial charge in [-0.2, -0.15) is 0 Å². The predicted octanol–water partition coefficient (Wildman–Crippen LogP) is 1.00. The van der Waals surface area contributed by atoms with Crippen molar-refractivity contribution < 1.29 is 4.79 Å². The molecule has 1 aromatic rings. The molecule has 0 aliphatic carbocycles. The highest BCUT2D eigenvalue weighted by atomic mass is 16.2. The van der Waals surface area contributed by atoms with Crippen molar-refractivity contribution in [3.8, 4) is 0 Å². The number of amides is 1. The van der Waals surface area contributed by atoms with Gasteiger partial charge in [0.15, 0.2) is 0 Å². The van der Waals surface area contributed by atoms with Crippen molar-refractivity contribution in [3.63, 3.8) is 0 Å². The lowest BCUT2D eigenvalue weighted by atomic mass is 10.1. The van der Waals surface area contributed by atoms with Gasteiger partial charge in [-0.15, -0.1) is 0 Å². The first-order chi connectivity index (χ1) is 7.45. The lowest BCUT2D eigenvalue weighted by molar-refractivity contribution is -0.126. The molecule has 1 amide bonds. The third kappa shape index (κ3) is 3.31. The molecule has 0 atom stereocenters. The molecule has 0 radical (unpaired) electrons. The number of aromatic nitrogens is 1. The molecule has 0 aliphatic heterocycles. The van der Waals surface area contributed by atoms with E-state index >= 15 is 0 Å². The number of hydrogen-bond acceptors (Lipinski definition) is 3. The van der Waals surface area contributed by atoms with E-state index in [2.05, 4.69) is 15.6 Å². The first-order valence-electron chi connectivity index (χ1n) is 5.35. The highest BCUT2D eigenvalue weighted by Crippen LogP contribution is 2.02. The van der Waals surface area contributed by atoms with E-state index < -0.39 is 5.54 Å². The van der Waals surface area contributed by atoms with Gasteiger partial charge in [-0.05, 0) is 40.0 Å². The minimum absolute atomic E-state index is 0.0293. The zero-order valence-corrected chi connectivity index (χ0v) is 10.3. The van der Waals surface area contributed by atoms with Crippen LogP contribution in [0.25, 0.3) is 0 Å². The Hall–Kier alpha value is -1.42. The lowest BCUT2D eigenvalue weighted by Crippen LogP contribution is -2.50. The number of rotatable bonds is 4. The van der Waals surface area contributed by atoms with Crippen molar-refractivity contribution in [2.24, 2.45) is 0 Å². The van der Waals surface area contributed by atoms with Crippen molar-refractivity contribution in [3.05, 3.63) is 29.6 Å². The Balaban J connectivity index is 2.56. The van der Waals surface area contributed by atoms with Gasteiger partial charge in [-0.3, -0.25) is 9.78 Å². The van der Waals surface area contributed by atoms with E-state index in [1.807, 2.05) is 39.0 Å². The van der Waals surface area contributed by atoms with E-state index in [0.29, 0.717) is 6.54 Å². The third-order valence-electron chi connectivity index (χ3n) is 2.57. The van der Waals surface area contributed by atoms with Gasteiger partial charge in [0.2, 0.25) is 5.91 Å². The van der Waals surface area contributed by atoms with E-state index in [-0.39, 0.29) is 5.91 Å². The summed E-state index contributed by atoms with van der Waals surface area (Å²) in [5, 5.41) is 5.81. The minimum Gasteiger partial charge on any atom is -0.349 e. The number of nitrogens with zero attached hydrogens (tertiary/aromatic N) is 1. The second-order valence-corrected chi connectivity index (χ2v) is 4.33. The first-order valence-corrected chi connectivity index (χ1v) is 5.35. The molecule has 0 saturated heterocycles. The second kappa shape index (κ2) is 5.07. The number of carbonyl (C=O) groups excluding carboxylic acids is 1. The maximum atomic E-state index is 11.8. The van der Waals surface area contributed by atoms with Crippen LogP contribution in [0.15, 0.2) is 18.2 Å². The van der Waals surface area contributed by atoms with Crippen LogP contribution in [0.5, 0.6) is 0 Å². The molecule has 1 aromatic heterocycles. The molecule has 4 nitrogen and oxygen atoms in total. The van der Waals surface area contributed by atoms with Crippen molar-refractivity contribution in [2.45, 2.75) is 32.9 Å². The monoisotopic (exact) mass is 221 g/mol. The van der Waals surface area contributed by atoms with Crippen LogP contribution >= 0.6 is 0 Å². The first kappa shape index (κ1) is 12.6. The van der Waals surface area contributed by atoms with E-state index in [0.717, 1.165) is 11.4 Å². The average molecular weight is 221 g/mol. The predicted molar refractivity (Wildman–Crippen MR) is 64.0 cm³/mol. The number of carbonyl (C=O) groups is 1. The van der Waals surface area contributed by atoms with Crippen molar-refractivity contribution in [1.29, 1.82) is 0 Å². The van der Waals surface area contributed by atoms with E-state index in [4.69, 9.17) is 0 Å². The molecular weight excluding hydrogens is 202 g/mol. The van der Waals surface area contributed by atoms with Crippen LogP contribution in [0.1, 0.15) is 25.2 Å². The number of nitrogens with one attached hydrogen (secondary N) is 2. The molecule has 0 fully saturated rings. The summed E-state index contributed by atoms with van der Waals surface area (Å²) in [4.78, 5) is 16.1. The SMILES string of the molecule is CNC(C)(C)C(=O)NCc1cccc(C)n1. The fourth-order valence-corrected chi connectivity index (χ4v) is 1.20. The fraction of sp³-hybridized carbons (Fsp3) is 0.500. The van der Waals surface area contributed by atoms with E-state index in [1.54, 1.807) is 7.05 Å². The zero-order valence-electron chi connectivity index (χ0n) is 10.3. The highest BCUT2D eigenvalue weighted by Gasteiger charge is 2.24. The summed E-state index contributed by atoms with van der Waals surface area (Å²) < 4.78 is 0. The van der Waals surface area contributed by atoms with Gasteiger partial charge in [-0.25, -0.2) is 0 Å². The Bertz CT molecular complexity index is 374. The van der Waals surface area contributed by atoms with Crippen molar-refractivity contribution in [1.82, 2.24) is 15.6 Å². The Morgan fingerprint density at radius 3 is 2.69 bits per heavy atom. The molecule has 0 aliphatic rings. The number of hydrogen-bond donors (Lipinski definition) is 2. The largest absolute Gasteiger partial charge is 0.349 e. The fourth-order valence-electron chi connectivity index (χ4n) is 1.20. The molecule has 0 saturated carbocycles. The molecule has 0 unspecified atom stereocenters. The van der Waals surface area contributed by atoms with Gasteiger partial charge in [0.05, 0.1) is 17.8 Å². The maximum absolute atomic E-state index is 11.8. The molecule has 2 N–H and O–H groups in total. The summed E-state index contributed by atoms with van der Waals surface area (Å²) in [6.45, 7) is 6.08. The summed E-state index contributed by atoms with van der Waals surface area (Å²) in [6.07, 6.45) is 0. The topological polar surface area (TPSA) is 54.0 Å². The third-order valence-corrected chi connectivity index (χ3v) is 2.57. The molecule has 1 rings (SSSR count). The molecule has 16 heavy (non-hydrogen) atoms. The molecule has 0 aromatic carbocycles. The van der Waals surface area contributed by atoms with Gasteiger partial charge in [0, 0.05) is 5.69 Å². The highest BCUT2D eigenvalue weighted by molar-refractivity contribution is 5.85. The molecule has 0 spiro atoms. The smallest absolute Gasteiger partial charge is 0.240 e. The van der Waals surface area contributed by atoms with Crippen LogP contribution in [0, 0.1) is 6.92 Å². The maximum Gasteiger partial charge on any atom is 0.240 e. The van der Waals surface area contributed by atoms with Gasteiger partial charge in [0.25, 0.3) is 0 Å². The molecule has 0 bridgehead atoms. The summed E-state index contributed by atoms with van der Waals surface area (Å²) in [7, 11) is 1.77. The minimum atomic E-state index is -0.552.